The van der Waals surface area contributed by atoms with Crippen molar-refractivity contribution in [1.29, 1.82) is 0 Å². The quantitative estimate of drug-likeness (QED) is 0.177. The van der Waals surface area contributed by atoms with Crippen LogP contribution in [0.1, 0.15) is 9.60 Å². The summed E-state index contributed by atoms with van der Waals surface area (Å²) in [5, 5.41) is 6.02. The monoisotopic (exact) mass is 629 g/mol. The van der Waals surface area contributed by atoms with Crippen LogP contribution in [-0.2, 0) is 0 Å². The zero-order valence-corrected chi connectivity index (χ0v) is 26.2. The zero-order valence-electron chi connectivity index (χ0n) is 33.2. The summed E-state index contributed by atoms with van der Waals surface area (Å²) >= 11 is 0. The molecule has 0 unspecified atom stereocenters. The second-order valence-electron chi connectivity index (χ2n) is 12.3. The predicted octanol–water partition coefficient (Wildman–Crippen LogP) is 13.7. The van der Waals surface area contributed by atoms with Crippen molar-refractivity contribution in [2.45, 2.75) is 0 Å². The summed E-state index contributed by atoms with van der Waals surface area (Å²) in [7, 11) is 0. The Balaban J connectivity index is 1.22. The van der Waals surface area contributed by atoms with Crippen LogP contribution >= 0.6 is 0 Å². The van der Waals surface area contributed by atoms with E-state index in [-0.39, 0.29) is 40.5 Å². The minimum atomic E-state index is -0.485. The van der Waals surface area contributed by atoms with E-state index >= 15 is 0 Å². The second kappa shape index (κ2) is 11.1. The molecule has 0 saturated heterocycles. The molecular weight excluding hydrogens is 593 g/mol. The molecule has 0 bridgehead atoms. The first kappa shape index (κ1) is 21.4. The van der Waals surface area contributed by atoms with E-state index in [0.29, 0.717) is 5.56 Å². The van der Waals surface area contributed by atoms with E-state index < -0.39 is 18.1 Å². The molecule has 0 aliphatic carbocycles. The van der Waals surface area contributed by atoms with Gasteiger partial charge in [0.2, 0.25) is 0 Å². The van der Waals surface area contributed by atoms with E-state index in [1.165, 1.54) is 0 Å². The van der Waals surface area contributed by atoms with E-state index in [1.807, 2.05) is 72.8 Å². The maximum absolute atomic E-state index is 9.19. The van der Waals surface area contributed by atoms with Gasteiger partial charge in [0.05, 0.1) is 9.60 Å². The van der Waals surface area contributed by atoms with Gasteiger partial charge in [-0.3, -0.25) is 0 Å². The standard InChI is InChI=1S/C48H30O/c1-2-12-31(13-3-1)36-26-27-42-45(30-36)49-44-23-11-22-43(48(42)44)47-40-20-8-6-18-38(40)46(39-19-7-9-21-41(39)47)37-17-10-16-34(29-37)35-25-24-32-14-4-5-15-33(32)28-35/h1-30H/i4D,5D,14D,15D,24D,25D,28D. The number of furan rings is 1. The van der Waals surface area contributed by atoms with Crippen LogP contribution in [0.5, 0.6) is 0 Å². The molecule has 0 fully saturated rings. The second-order valence-corrected chi connectivity index (χ2v) is 12.3. The minimum absolute atomic E-state index is 0.0603. The summed E-state index contributed by atoms with van der Waals surface area (Å²) in [6, 6.07) is 44.6. The smallest absolute Gasteiger partial charge is 0.136 e. The lowest BCUT2D eigenvalue weighted by Crippen LogP contribution is -1.91. The van der Waals surface area contributed by atoms with Gasteiger partial charge in [-0.25, -0.2) is 0 Å². The molecule has 1 heterocycles. The Hall–Kier alpha value is -6.44. The highest BCUT2D eigenvalue weighted by molar-refractivity contribution is 6.25. The van der Waals surface area contributed by atoms with Crippen molar-refractivity contribution in [3.05, 3.63) is 182 Å². The summed E-state index contributed by atoms with van der Waals surface area (Å²) < 4.78 is 67.0. The van der Waals surface area contributed by atoms with E-state index in [9.17, 15) is 1.37 Å². The van der Waals surface area contributed by atoms with Gasteiger partial charge in [0.1, 0.15) is 11.2 Å². The Morgan fingerprint density at radius 3 is 1.80 bits per heavy atom. The average Bonchev–Trinajstić information content (AvgIpc) is 3.61. The van der Waals surface area contributed by atoms with Crippen molar-refractivity contribution in [1.82, 2.24) is 0 Å². The molecular formula is C48H30O. The Labute approximate surface area is 294 Å². The third-order valence-electron chi connectivity index (χ3n) is 9.49. The van der Waals surface area contributed by atoms with Crippen LogP contribution < -0.4 is 0 Å². The molecule has 0 amide bonds. The van der Waals surface area contributed by atoms with Crippen LogP contribution in [0.15, 0.2) is 186 Å². The minimum Gasteiger partial charge on any atom is -0.456 e. The van der Waals surface area contributed by atoms with Crippen LogP contribution in [0.25, 0.3) is 98.8 Å². The fourth-order valence-corrected chi connectivity index (χ4v) is 7.33. The topological polar surface area (TPSA) is 13.1 Å². The first-order valence-electron chi connectivity index (χ1n) is 19.8. The maximum Gasteiger partial charge on any atom is 0.136 e. The van der Waals surface area contributed by atoms with Crippen LogP contribution in [0.2, 0.25) is 0 Å². The van der Waals surface area contributed by atoms with Gasteiger partial charge in [-0.15, -0.1) is 0 Å². The normalized spacial score (nSPS) is 13.7. The lowest BCUT2D eigenvalue weighted by molar-refractivity contribution is 0.669. The lowest BCUT2D eigenvalue weighted by atomic mass is 9.84. The fraction of sp³-hybridized carbons (Fsp3) is 0. The van der Waals surface area contributed by atoms with E-state index in [4.69, 9.17) is 12.6 Å². The van der Waals surface area contributed by atoms with Gasteiger partial charge in [-0.2, -0.15) is 0 Å². The van der Waals surface area contributed by atoms with Crippen molar-refractivity contribution in [3.63, 3.8) is 0 Å². The summed E-state index contributed by atoms with van der Waals surface area (Å²) in [5.74, 6) is 0. The van der Waals surface area contributed by atoms with Gasteiger partial charge in [-0.05, 0) is 107 Å². The molecule has 1 aromatic heterocycles. The first-order valence-corrected chi connectivity index (χ1v) is 16.3. The summed E-state index contributed by atoms with van der Waals surface area (Å²) in [6.07, 6.45) is 0. The molecule has 1 nitrogen and oxygen atoms in total. The molecule has 9 aromatic carbocycles. The highest BCUT2D eigenvalue weighted by Crippen LogP contribution is 2.47. The van der Waals surface area contributed by atoms with Gasteiger partial charge in [0.15, 0.2) is 0 Å². The largest absolute Gasteiger partial charge is 0.456 e. The molecule has 0 spiro atoms. The zero-order chi connectivity index (χ0) is 38.4. The number of benzene rings is 9. The maximum atomic E-state index is 9.19. The summed E-state index contributed by atoms with van der Waals surface area (Å²) in [5.41, 5.74) is 8.46. The Morgan fingerprint density at radius 1 is 0.388 bits per heavy atom. The fourth-order valence-electron chi connectivity index (χ4n) is 7.33. The number of hydrogen-bond donors (Lipinski definition) is 0. The lowest BCUT2D eigenvalue weighted by Gasteiger charge is -2.18. The highest BCUT2D eigenvalue weighted by atomic mass is 16.3. The average molecular weight is 630 g/mol. The summed E-state index contributed by atoms with van der Waals surface area (Å²) in [4.78, 5) is 0. The van der Waals surface area contributed by atoms with E-state index in [1.54, 1.807) is 6.07 Å². The third kappa shape index (κ3) is 4.47. The van der Waals surface area contributed by atoms with Crippen molar-refractivity contribution in [2.75, 3.05) is 0 Å². The first-order chi connectivity index (χ1) is 27.2. The SMILES string of the molecule is [2H]c1c([2H])c([2H])c2c([2H])c(-c3cccc(-c4c5ccccc5c(-c5cccc6oc7cc(-c8ccccc8)ccc7c56)c5ccccc45)c3)c([2H])c([2H])c2c1[2H]. The molecule has 0 saturated carbocycles. The van der Waals surface area contributed by atoms with Gasteiger partial charge >= 0.3 is 0 Å². The molecule has 0 N–H and O–H groups in total. The van der Waals surface area contributed by atoms with Crippen LogP contribution in [0.4, 0.5) is 0 Å². The molecule has 0 aliphatic heterocycles. The van der Waals surface area contributed by atoms with Gasteiger partial charge in [0.25, 0.3) is 0 Å². The van der Waals surface area contributed by atoms with Crippen LogP contribution in [0, 0.1) is 0 Å². The molecule has 10 rings (SSSR count). The Kier molecular flexibility index (Phi) is 4.85. The molecule has 228 valence electrons. The Morgan fingerprint density at radius 2 is 1.02 bits per heavy atom. The van der Waals surface area contributed by atoms with Gasteiger partial charge in [-0.1, -0.05) is 152 Å². The number of rotatable bonds is 4. The van der Waals surface area contributed by atoms with Crippen LogP contribution in [-0.4, -0.2) is 0 Å². The predicted molar refractivity (Wildman–Crippen MR) is 208 cm³/mol. The number of fused-ring (bicyclic) bond motifs is 6. The van der Waals surface area contributed by atoms with Crippen molar-refractivity contribution in [3.8, 4) is 44.5 Å². The van der Waals surface area contributed by atoms with Crippen molar-refractivity contribution in [2.24, 2.45) is 0 Å². The molecule has 1 heteroatoms. The van der Waals surface area contributed by atoms with Crippen LogP contribution in [0.3, 0.4) is 0 Å². The Bertz CT molecular complexity index is 3220. The van der Waals surface area contributed by atoms with E-state index in [0.717, 1.165) is 76.9 Å². The van der Waals surface area contributed by atoms with Crippen molar-refractivity contribution < 1.29 is 14.0 Å². The molecule has 49 heavy (non-hydrogen) atoms. The molecule has 10 aromatic rings. The third-order valence-corrected chi connectivity index (χ3v) is 9.49. The molecule has 0 aliphatic rings. The van der Waals surface area contributed by atoms with Crippen molar-refractivity contribution >= 4 is 54.3 Å². The van der Waals surface area contributed by atoms with E-state index in [2.05, 4.69) is 60.7 Å². The highest BCUT2D eigenvalue weighted by Gasteiger charge is 2.20. The molecule has 0 atom stereocenters. The molecule has 0 radical (unpaired) electrons. The van der Waals surface area contributed by atoms with Gasteiger partial charge in [0, 0.05) is 10.8 Å². The number of hydrogen-bond acceptors (Lipinski definition) is 1. The van der Waals surface area contributed by atoms with Gasteiger partial charge < -0.3 is 4.42 Å². The summed E-state index contributed by atoms with van der Waals surface area (Å²) in [6.45, 7) is 0.